The minimum absolute atomic E-state index is 0.0505. The molecule has 0 radical (unpaired) electrons. The van der Waals surface area contributed by atoms with E-state index in [4.69, 9.17) is 5.73 Å². The van der Waals surface area contributed by atoms with Crippen molar-refractivity contribution in [3.63, 3.8) is 0 Å². The first-order valence-corrected chi connectivity index (χ1v) is 9.97. The van der Waals surface area contributed by atoms with E-state index in [0.29, 0.717) is 18.5 Å². The highest BCUT2D eigenvalue weighted by atomic mass is 19.3. The molecule has 0 saturated heterocycles. The maximum absolute atomic E-state index is 13.8. The first kappa shape index (κ1) is 20.1. The summed E-state index contributed by atoms with van der Waals surface area (Å²) in [5, 5.41) is 9.86. The maximum atomic E-state index is 13.8. The molecule has 2 aromatic rings. The topological polar surface area (TPSA) is 59.1 Å². The van der Waals surface area contributed by atoms with Gasteiger partial charge in [0.05, 0.1) is 12.3 Å². The number of pyridine rings is 1. The van der Waals surface area contributed by atoms with Gasteiger partial charge in [0, 0.05) is 36.1 Å². The third-order valence-electron chi connectivity index (χ3n) is 6.49. The molecule has 0 amide bonds. The summed E-state index contributed by atoms with van der Waals surface area (Å²) in [6.45, 7) is -0.230. The zero-order chi connectivity index (χ0) is 20.6. The summed E-state index contributed by atoms with van der Waals surface area (Å²) in [5.41, 5.74) is 7.80. The number of fused-ring (bicyclic) bond motifs is 1. The van der Waals surface area contributed by atoms with Crippen LogP contribution < -0.4 is 5.73 Å². The average molecular weight is 402 g/mol. The first-order valence-electron chi connectivity index (χ1n) is 9.97. The highest BCUT2D eigenvalue weighted by Gasteiger charge is 2.54. The number of nitrogens with zero attached hydrogens (tertiary/aromatic N) is 1. The Balaban J connectivity index is 1.53. The van der Waals surface area contributed by atoms with Crippen LogP contribution in [0.3, 0.4) is 0 Å². The van der Waals surface area contributed by atoms with Gasteiger partial charge in [-0.05, 0) is 54.5 Å². The Morgan fingerprint density at radius 1 is 1.17 bits per heavy atom. The smallest absolute Gasteiger partial charge is 0.248 e. The van der Waals surface area contributed by atoms with Crippen molar-refractivity contribution < 1.29 is 18.3 Å². The van der Waals surface area contributed by atoms with Crippen LogP contribution in [0.4, 0.5) is 13.2 Å². The summed E-state index contributed by atoms with van der Waals surface area (Å²) in [7, 11) is 0. The summed E-state index contributed by atoms with van der Waals surface area (Å²) in [6, 6.07) is 10.0. The lowest BCUT2D eigenvalue weighted by Gasteiger charge is -2.34. The lowest BCUT2D eigenvalue weighted by Crippen LogP contribution is -2.47. The minimum atomic E-state index is -2.63. The van der Waals surface area contributed by atoms with Crippen LogP contribution in [0.2, 0.25) is 0 Å². The quantitative estimate of drug-likeness (QED) is 0.782. The summed E-state index contributed by atoms with van der Waals surface area (Å²) in [4.78, 5) is 4.41. The van der Waals surface area contributed by atoms with Gasteiger partial charge < -0.3 is 10.8 Å². The van der Waals surface area contributed by atoms with Crippen LogP contribution >= 0.6 is 0 Å². The molecular formula is C23H25F3N2O. The first-order chi connectivity index (χ1) is 13.8. The number of halogens is 3. The number of hydrogen-bond donors (Lipinski definition) is 2. The van der Waals surface area contributed by atoms with E-state index in [2.05, 4.69) is 4.98 Å². The molecule has 3 nitrogen and oxygen atoms in total. The zero-order valence-electron chi connectivity index (χ0n) is 16.1. The number of rotatable bonds is 4. The molecular weight excluding hydrogens is 377 g/mol. The fraction of sp³-hybridized carbons (Fsp3) is 0.435. The molecule has 4 rings (SSSR count). The van der Waals surface area contributed by atoms with Crippen LogP contribution in [-0.4, -0.2) is 28.2 Å². The SMILES string of the molecule is NC1(CO)CC2CC(F)(F)CCC2C1/C=C/c1ccc(-c2cccc(F)c2)cn1. The van der Waals surface area contributed by atoms with E-state index in [-0.39, 0.29) is 43.0 Å². The van der Waals surface area contributed by atoms with Gasteiger partial charge in [0.2, 0.25) is 5.92 Å². The normalized spacial score (nSPS) is 31.1. The fourth-order valence-corrected chi connectivity index (χ4v) is 5.05. The third kappa shape index (κ3) is 4.09. The van der Waals surface area contributed by atoms with Gasteiger partial charge in [-0.2, -0.15) is 0 Å². The molecule has 0 spiro atoms. The highest BCUT2D eigenvalue weighted by molar-refractivity contribution is 5.63. The Kier molecular flexibility index (Phi) is 5.25. The highest BCUT2D eigenvalue weighted by Crippen LogP contribution is 2.54. The minimum Gasteiger partial charge on any atom is -0.394 e. The van der Waals surface area contributed by atoms with Crippen molar-refractivity contribution in [3.05, 3.63) is 60.2 Å². The summed E-state index contributed by atoms with van der Waals surface area (Å²) in [6.07, 6.45) is 5.99. The second-order valence-corrected chi connectivity index (χ2v) is 8.49. The second kappa shape index (κ2) is 7.58. The van der Waals surface area contributed by atoms with E-state index in [9.17, 15) is 18.3 Å². The van der Waals surface area contributed by atoms with E-state index in [1.165, 1.54) is 12.1 Å². The molecule has 154 valence electrons. The monoisotopic (exact) mass is 402 g/mol. The fourth-order valence-electron chi connectivity index (χ4n) is 5.05. The van der Waals surface area contributed by atoms with E-state index >= 15 is 0 Å². The van der Waals surface area contributed by atoms with E-state index in [0.717, 1.165) is 11.1 Å². The van der Waals surface area contributed by atoms with Gasteiger partial charge in [0.25, 0.3) is 0 Å². The molecule has 4 atom stereocenters. The van der Waals surface area contributed by atoms with Crippen molar-refractivity contribution in [1.29, 1.82) is 0 Å². The molecule has 2 saturated carbocycles. The van der Waals surface area contributed by atoms with Crippen LogP contribution in [-0.2, 0) is 0 Å². The molecule has 29 heavy (non-hydrogen) atoms. The number of aliphatic hydroxyl groups is 1. The summed E-state index contributed by atoms with van der Waals surface area (Å²) < 4.78 is 41.1. The Labute approximate surface area is 168 Å². The van der Waals surface area contributed by atoms with Gasteiger partial charge in [-0.25, -0.2) is 13.2 Å². The number of hydrogen-bond acceptors (Lipinski definition) is 3. The van der Waals surface area contributed by atoms with Crippen molar-refractivity contribution in [1.82, 2.24) is 4.98 Å². The van der Waals surface area contributed by atoms with Gasteiger partial charge in [0.1, 0.15) is 5.82 Å². The van der Waals surface area contributed by atoms with E-state index in [1.807, 2.05) is 30.4 Å². The molecule has 3 N–H and O–H groups in total. The van der Waals surface area contributed by atoms with Crippen LogP contribution in [0, 0.1) is 23.6 Å². The number of aliphatic hydroxyl groups excluding tert-OH is 1. The van der Waals surface area contributed by atoms with Crippen molar-refractivity contribution in [3.8, 4) is 11.1 Å². The Bertz CT molecular complexity index is 899. The van der Waals surface area contributed by atoms with Crippen LogP contribution in [0.1, 0.15) is 31.4 Å². The maximum Gasteiger partial charge on any atom is 0.248 e. The van der Waals surface area contributed by atoms with Gasteiger partial charge in [-0.15, -0.1) is 0 Å². The van der Waals surface area contributed by atoms with Crippen LogP contribution in [0.15, 0.2) is 48.7 Å². The van der Waals surface area contributed by atoms with Crippen LogP contribution in [0.25, 0.3) is 17.2 Å². The van der Waals surface area contributed by atoms with E-state index < -0.39 is 11.5 Å². The number of nitrogens with two attached hydrogens (primary N) is 1. The molecule has 0 bridgehead atoms. The molecule has 2 aliphatic carbocycles. The van der Waals surface area contributed by atoms with Crippen molar-refractivity contribution in [2.24, 2.45) is 23.5 Å². The summed E-state index contributed by atoms with van der Waals surface area (Å²) in [5.74, 6) is -3.23. The predicted octanol–water partition coefficient (Wildman–Crippen LogP) is 4.66. The number of aromatic nitrogens is 1. The molecule has 4 unspecified atom stereocenters. The number of benzene rings is 1. The molecule has 6 heteroatoms. The molecule has 1 aromatic heterocycles. The molecule has 1 aromatic carbocycles. The molecule has 1 heterocycles. The summed E-state index contributed by atoms with van der Waals surface area (Å²) >= 11 is 0. The second-order valence-electron chi connectivity index (χ2n) is 8.49. The van der Waals surface area contributed by atoms with Gasteiger partial charge >= 0.3 is 0 Å². The molecule has 2 aliphatic rings. The van der Waals surface area contributed by atoms with Gasteiger partial charge in [-0.3, -0.25) is 4.98 Å². The zero-order valence-corrected chi connectivity index (χ0v) is 16.1. The standard InChI is InChI=1S/C23H25F3N2O/c24-18-3-1-2-15(10-18)16-4-5-19(28-13-16)6-7-21-20-8-9-23(25,26)12-17(20)11-22(21,27)14-29/h1-7,10,13,17,20-21,29H,8-9,11-12,14,27H2/b7-6+. The van der Waals surface area contributed by atoms with Gasteiger partial charge in [-0.1, -0.05) is 24.3 Å². The third-order valence-corrected chi connectivity index (χ3v) is 6.49. The average Bonchev–Trinajstić information content (AvgIpc) is 2.96. The van der Waals surface area contributed by atoms with Gasteiger partial charge in [0.15, 0.2) is 0 Å². The number of alkyl halides is 2. The van der Waals surface area contributed by atoms with Crippen LogP contribution in [0.5, 0.6) is 0 Å². The molecule has 2 fully saturated rings. The lowest BCUT2D eigenvalue weighted by molar-refractivity contribution is -0.0659. The van der Waals surface area contributed by atoms with E-state index in [1.54, 1.807) is 12.3 Å². The Morgan fingerprint density at radius 2 is 2.00 bits per heavy atom. The molecule has 0 aliphatic heterocycles. The lowest BCUT2D eigenvalue weighted by atomic mass is 9.75. The van der Waals surface area contributed by atoms with Crippen molar-refractivity contribution in [2.45, 2.75) is 37.1 Å². The Hall–Kier alpha value is -2.18. The Morgan fingerprint density at radius 3 is 2.69 bits per heavy atom. The van der Waals surface area contributed by atoms with Crippen molar-refractivity contribution in [2.75, 3.05) is 6.61 Å². The van der Waals surface area contributed by atoms with Crippen molar-refractivity contribution >= 4 is 6.08 Å². The largest absolute Gasteiger partial charge is 0.394 e. The predicted molar refractivity (Wildman–Crippen MR) is 107 cm³/mol.